The molecule has 0 atom stereocenters. The average Bonchev–Trinajstić information content (AvgIpc) is 3.06. The highest BCUT2D eigenvalue weighted by atomic mass is 14.1. The van der Waals surface area contributed by atoms with Gasteiger partial charge in [0.15, 0.2) is 0 Å². The SMILES string of the molecule is C1=CCC=CC(c2cc(-c3ccccc3)cc(-c3ccccc3)c2)=C1.CC. The third-order valence-corrected chi connectivity index (χ3v) is 4.46. The molecular weight excluding hydrogens is 324 g/mol. The molecule has 0 heteroatoms. The fourth-order valence-electron chi connectivity index (χ4n) is 3.16. The number of allylic oxidation sites excluding steroid dienone is 6. The van der Waals surface area contributed by atoms with Gasteiger partial charge >= 0.3 is 0 Å². The molecule has 134 valence electrons. The summed E-state index contributed by atoms with van der Waals surface area (Å²) in [6, 6.07) is 28.1. The lowest BCUT2D eigenvalue weighted by atomic mass is 9.93. The maximum absolute atomic E-state index is 2.29. The number of hydrogen-bond donors (Lipinski definition) is 0. The zero-order chi connectivity index (χ0) is 18.9. The van der Waals surface area contributed by atoms with E-state index >= 15 is 0 Å². The van der Waals surface area contributed by atoms with Gasteiger partial charge in [-0.25, -0.2) is 0 Å². The van der Waals surface area contributed by atoms with E-state index in [1.54, 1.807) is 0 Å². The third kappa shape index (κ3) is 4.74. The fraction of sp³-hybridized carbons (Fsp3) is 0.111. The quantitative estimate of drug-likeness (QED) is 0.449. The zero-order valence-electron chi connectivity index (χ0n) is 16.1. The Balaban J connectivity index is 0.00000102. The van der Waals surface area contributed by atoms with Gasteiger partial charge in [0.25, 0.3) is 0 Å². The Morgan fingerprint density at radius 1 is 0.556 bits per heavy atom. The minimum absolute atomic E-state index is 0.990. The highest BCUT2D eigenvalue weighted by Gasteiger charge is 2.07. The molecule has 0 spiro atoms. The van der Waals surface area contributed by atoms with Crippen LogP contribution in [0.4, 0.5) is 0 Å². The van der Waals surface area contributed by atoms with Crippen molar-refractivity contribution in [3.8, 4) is 22.3 Å². The molecule has 0 aromatic heterocycles. The van der Waals surface area contributed by atoms with Crippen molar-refractivity contribution in [2.75, 3.05) is 0 Å². The van der Waals surface area contributed by atoms with E-state index in [1.165, 1.54) is 33.4 Å². The summed E-state index contributed by atoms with van der Waals surface area (Å²) in [4.78, 5) is 0. The van der Waals surface area contributed by atoms with Crippen LogP contribution in [0, 0.1) is 0 Å². The molecule has 0 heterocycles. The minimum Gasteiger partial charge on any atom is -0.0807 e. The van der Waals surface area contributed by atoms with Crippen LogP contribution < -0.4 is 0 Å². The standard InChI is InChI=1S/C25H20.C2H6/c1-2-6-12-20(11-5-1)23-17-24(21-13-7-3-8-14-21)19-25(18-23)22-15-9-4-10-16-22;1-2/h1,3-19H,2H2;1-2H3. The first-order valence-electron chi connectivity index (χ1n) is 9.70. The molecular formula is C27H26. The Kier molecular flexibility index (Phi) is 6.60. The van der Waals surface area contributed by atoms with Crippen LogP contribution >= 0.6 is 0 Å². The zero-order valence-corrected chi connectivity index (χ0v) is 16.1. The molecule has 1 aliphatic carbocycles. The third-order valence-electron chi connectivity index (χ3n) is 4.46. The molecule has 0 unspecified atom stereocenters. The molecule has 27 heavy (non-hydrogen) atoms. The number of hydrogen-bond acceptors (Lipinski definition) is 0. The largest absolute Gasteiger partial charge is 0.0807 e. The van der Waals surface area contributed by atoms with Crippen molar-refractivity contribution < 1.29 is 0 Å². The van der Waals surface area contributed by atoms with Gasteiger partial charge in [-0.1, -0.05) is 105 Å². The molecule has 0 bridgehead atoms. The summed E-state index contributed by atoms with van der Waals surface area (Å²) in [7, 11) is 0. The van der Waals surface area contributed by atoms with E-state index in [9.17, 15) is 0 Å². The monoisotopic (exact) mass is 350 g/mol. The number of rotatable bonds is 3. The second kappa shape index (κ2) is 9.54. The molecule has 1 aliphatic rings. The van der Waals surface area contributed by atoms with Crippen LogP contribution in [0.1, 0.15) is 25.8 Å². The van der Waals surface area contributed by atoms with Gasteiger partial charge in [-0.15, -0.1) is 0 Å². The van der Waals surface area contributed by atoms with Crippen molar-refractivity contribution in [2.45, 2.75) is 20.3 Å². The normalized spacial score (nSPS) is 12.6. The Morgan fingerprint density at radius 3 is 1.63 bits per heavy atom. The van der Waals surface area contributed by atoms with Crippen LogP contribution in [0.2, 0.25) is 0 Å². The van der Waals surface area contributed by atoms with E-state index in [4.69, 9.17) is 0 Å². The summed E-state index contributed by atoms with van der Waals surface area (Å²) in [5.74, 6) is 0. The van der Waals surface area contributed by atoms with Crippen LogP contribution in [-0.2, 0) is 0 Å². The van der Waals surface area contributed by atoms with Crippen molar-refractivity contribution in [3.63, 3.8) is 0 Å². The molecule has 3 aromatic carbocycles. The van der Waals surface area contributed by atoms with E-state index in [-0.39, 0.29) is 0 Å². The number of benzene rings is 3. The first kappa shape index (κ1) is 18.7. The van der Waals surface area contributed by atoms with Crippen molar-refractivity contribution in [1.29, 1.82) is 0 Å². The van der Waals surface area contributed by atoms with Gasteiger partial charge in [-0.3, -0.25) is 0 Å². The van der Waals surface area contributed by atoms with Gasteiger partial charge in [-0.05, 0) is 58.0 Å². The first-order valence-corrected chi connectivity index (χ1v) is 9.70. The van der Waals surface area contributed by atoms with Gasteiger partial charge in [0.05, 0.1) is 0 Å². The van der Waals surface area contributed by atoms with E-state index in [0.29, 0.717) is 0 Å². The molecule has 0 fully saturated rings. The Labute approximate surface area is 163 Å². The predicted molar refractivity (Wildman–Crippen MR) is 120 cm³/mol. The topological polar surface area (TPSA) is 0 Å². The van der Waals surface area contributed by atoms with E-state index in [2.05, 4.69) is 109 Å². The molecule has 4 rings (SSSR count). The van der Waals surface area contributed by atoms with Crippen LogP contribution in [0.5, 0.6) is 0 Å². The minimum atomic E-state index is 0.990. The molecule has 0 nitrogen and oxygen atoms in total. The van der Waals surface area contributed by atoms with Gasteiger partial charge < -0.3 is 0 Å². The van der Waals surface area contributed by atoms with E-state index in [1.807, 2.05) is 13.8 Å². The van der Waals surface area contributed by atoms with Crippen molar-refractivity contribution in [3.05, 3.63) is 115 Å². The van der Waals surface area contributed by atoms with Crippen LogP contribution in [0.15, 0.2) is 109 Å². The predicted octanol–water partition coefficient (Wildman–Crippen LogP) is 7.95. The van der Waals surface area contributed by atoms with Crippen molar-refractivity contribution in [1.82, 2.24) is 0 Å². The summed E-state index contributed by atoms with van der Waals surface area (Å²) in [6.07, 6.45) is 12.0. The molecule has 0 saturated carbocycles. The maximum Gasteiger partial charge on any atom is -0.0163 e. The lowest BCUT2D eigenvalue weighted by molar-refractivity contribution is 1.41. The second-order valence-electron chi connectivity index (χ2n) is 6.22. The lowest BCUT2D eigenvalue weighted by Crippen LogP contribution is -1.88. The van der Waals surface area contributed by atoms with Crippen LogP contribution in [0.25, 0.3) is 27.8 Å². The highest BCUT2D eigenvalue weighted by molar-refractivity contribution is 5.83. The van der Waals surface area contributed by atoms with Crippen molar-refractivity contribution in [2.24, 2.45) is 0 Å². The average molecular weight is 351 g/mol. The van der Waals surface area contributed by atoms with Gasteiger partial charge in [0.2, 0.25) is 0 Å². The van der Waals surface area contributed by atoms with Crippen molar-refractivity contribution >= 4 is 5.57 Å². The molecule has 0 N–H and O–H groups in total. The summed E-state index contributed by atoms with van der Waals surface area (Å²) in [5, 5.41) is 0. The molecule has 3 aromatic rings. The summed E-state index contributed by atoms with van der Waals surface area (Å²) in [6.45, 7) is 4.00. The lowest BCUT2D eigenvalue weighted by Gasteiger charge is -2.11. The maximum atomic E-state index is 2.29. The summed E-state index contributed by atoms with van der Waals surface area (Å²) >= 11 is 0. The summed E-state index contributed by atoms with van der Waals surface area (Å²) in [5.41, 5.74) is 7.50. The highest BCUT2D eigenvalue weighted by Crippen LogP contribution is 2.31. The fourth-order valence-corrected chi connectivity index (χ4v) is 3.16. The van der Waals surface area contributed by atoms with Gasteiger partial charge in [-0.2, -0.15) is 0 Å². The molecule has 0 aliphatic heterocycles. The first-order chi connectivity index (χ1) is 13.4. The molecule has 0 saturated heterocycles. The van der Waals surface area contributed by atoms with Gasteiger partial charge in [0.1, 0.15) is 0 Å². The smallest absolute Gasteiger partial charge is 0.0163 e. The van der Waals surface area contributed by atoms with E-state index in [0.717, 1.165) is 6.42 Å². The van der Waals surface area contributed by atoms with Gasteiger partial charge in [0, 0.05) is 0 Å². The van der Waals surface area contributed by atoms with Crippen LogP contribution in [-0.4, -0.2) is 0 Å². The van der Waals surface area contributed by atoms with E-state index < -0.39 is 0 Å². The Hall–Kier alpha value is -3.12. The Bertz CT molecular complexity index is 884. The molecule has 0 amide bonds. The Morgan fingerprint density at radius 2 is 1.07 bits per heavy atom. The summed E-state index contributed by atoms with van der Waals surface area (Å²) < 4.78 is 0. The molecule has 0 radical (unpaired) electrons. The second-order valence-corrected chi connectivity index (χ2v) is 6.22. The van der Waals surface area contributed by atoms with Crippen LogP contribution in [0.3, 0.4) is 0 Å².